The summed E-state index contributed by atoms with van der Waals surface area (Å²) in [6, 6.07) is 1.61. The Labute approximate surface area is 102 Å². The van der Waals surface area contributed by atoms with E-state index in [0.29, 0.717) is 23.9 Å². The number of aromatic amines is 1. The summed E-state index contributed by atoms with van der Waals surface area (Å²) in [5, 5.41) is 3.12. The van der Waals surface area contributed by atoms with Crippen molar-refractivity contribution in [1.82, 2.24) is 14.6 Å². The largest absolute Gasteiger partial charge is 0.366 e. The van der Waals surface area contributed by atoms with Crippen LogP contribution in [0.2, 0.25) is 0 Å². The molecule has 2 N–H and O–H groups in total. The second kappa shape index (κ2) is 5.20. The van der Waals surface area contributed by atoms with Crippen molar-refractivity contribution in [3.8, 4) is 0 Å². The maximum Gasteiger partial charge on any atom is 0.244 e. The lowest BCUT2D eigenvalue weighted by Crippen LogP contribution is -2.42. The highest BCUT2D eigenvalue weighted by molar-refractivity contribution is 7.89. The molecule has 1 fully saturated rings. The quantitative estimate of drug-likeness (QED) is 0.831. The van der Waals surface area contributed by atoms with Crippen molar-refractivity contribution < 1.29 is 8.42 Å². The Morgan fingerprint density at radius 2 is 2.41 bits per heavy atom. The van der Waals surface area contributed by atoms with Gasteiger partial charge in [-0.05, 0) is 38.4 Å². The number of aromatic nitrogens is 1. The fourth-order valence-corrected chi connectivity index (χ4v) is 3.85. The highest BCUT2D eigenvalue weighted by Gasteiger charge is 2.29. The molecule has 1 unspecified atom stereocenters. The van der Waals surface area contributed by atoms with Crippen LogP contribution in [-0.4, -0.2) is 44.4 Å². The first-order valence-corrected chi connectivity index (χ1v) is 7.36. The number of piperidine rings is 1. The number of nitrogens with one attached hydrogen (secondary N) is 2. The van der Waals surface area contributed by atoms with E-state index < -0.39 is 10.0 Å². The smallest absolute Gasteiger partial charge is 0.244 e. The van der Waals surface area contributed by atoms with Crippen LogP contribution in [0, 0.1) is 5.92 Å². The van der Waals surface area contributed by atoms with Gasteiger partial charge in [-0.25, -0.2) is 8.42 Å². The van der Waals surface area contributed by atoms with Crippen LogP contribution in [-0.2, 0) is 10.0 Å². The molecule has 17 heavy (non-hydrogen) atoms. The number of H-pyrrole nitrogens is 1. The minimum absolute atomic E-state index is 0.364. The standard InChI is InChI=1S/C11H19N3O2S/c1-12-7-10-3-2-6-14(9-10)17(15,16)11-4-5-13-8-11/h4-5,8,10,12-13H,2-3,6-7,9H2,1H3. The third-order valence-electron chi connectivity index (χ3n) is 3.18. The Morgan fingerprint density at radius 3 is 3.06 bits per heavy atom. The normalized spacial score (nSPS) is 22.8. The highest BCUT2D eigenvalue weighted by Crippen LogP contribution is 2.22. The molecule has 0 saturated carbocycles. The van der Waals surface area contributed by atoms with Crippen molar-refractivity contribution >= 4 is 10.0 Å². The molecule has 0 radical (unpaired) electrons. The van der Waals surface area contributed by atoms with Crippen molar-refractivity contribution in [2.24, 2.45) is 5.92 Å². The number of rotatable bonds is 4. The summed E-state index contributed by atoms with van der Waals surface area (Å²) in [7, 11) is -1.39. The van der Waals surface area contributed by atoms with Gasteiger partial charge in [-0.2, -0.15) is 4.31 Å². The molecule has 5 nitrogen and oxygen atoms in total. The van der Waals surface area contributed by atoms with Gasteiger partial charge in [-0.1, -0.05) is 0 Å². The van der Waals surface area contributed by atoms with Crippen LogP contribution in [0.5, 0.6) is 0 Å². The molecule has 96 valence electrons. The predicted molar refractivity (Wildman–Crippen MR) is 66.2 cm³/mol. The van der Waals surface area contributed by atoms with Crippen LogP contribution in [0.3, 0.4) is 0 Å². The zero-order valence-electron chi connectivity index (χ0n) is 10.0. The third kappa shape index (κ3) is 2.70. The Morgan fingerprint density at radius 1 is 1.59 bits per heavy atom. The van der Waals surface area contributed by atoms with E-state index in [4.69, 9.17) is 0 Å². The molecule has 2 heterocycles. The molecule has 0 amide bonds. The van der Waals surface area contributed by atoms with Gasteiger partial charge in [0.15, 0.2) is 0 Å². The summed E-state index contributed by atoms with van der Waals surface area (Å²) >= 11 is 0. The van der Waals surface area contributed by atoms with Crippen molar-refractivity contribution in [3.63, 3.8) is 0 Å². The molecule has 0 aliphatic carbocycles. The predicted octanol–water partition coefficient (Wildman–Crippen LogP) is 0.635. The Bertz CT molecular complexity index is 439. The Hall–Kier alpha value is -0.850. The van der Waals surface area contributed by atoms with Crippen molar-refractivity contribution in [1.29, 1.82) is 0 Å². The number of hydrogen-bond donors (Lipinski definition) is 2. The highest BCUT2D eigenvalue weighted by atomic mass is 32.2. The molecule has 0 spiro atoms. The van der Waals surface area contributed by atoms with Crippen LogP contribution in [0.25, 0.3) is 0 Å². The lowest BCUT2D eigenvalue weighted by atomic mass is 10.00. The Kier molecular flexibility index (Phi) is 3.86. The second-order valence-electron chi connectivity index (χ2n) is 4.48. The molecule has 1 aliphatic rings. The van der Waals surface area contributed by atoms with E-state index in [1.807, 2.05) is 7.05 Å². The molecule has 1 saturated heterocycles. The summed E-state index contributed by atoms with van der Waals surface area (Å²) in [4.78, 5) is 3.16. The summed E-state index contributed by atoms with van der Waals surface area (Å²) in [5.74, 6) is 0.419. The second-order valence-corrected chi connectivity index (χ2v) is 6.41. The number of sulfonamides is 1. The fraction of sp³-hybridized carbons (Fsp3) is 0.636. The van der Waals surface area contributed by atoms with E-state index in [9.17, 15) is 8.42 Å². The van der Waals surface area contributed by atoms with Crippen molar-refractivity contribution in [3.05, 3.63) is 18.5 Å². The molecule has 2 rings (SSSR count). The van der Waals surface area contributed by atoms with Gasteiger partial charge in [0.05, 0.1) is 4.90 Å². The van der Waals surface area contributed by atoms with E-state index in [0.717, 1.165) is 19.4 Å². The molecule has 1 aromatic rings. The number of nitrogens with zero attached hydrogens (tertiary/aromatic N) is 1. The third-order valence-corrected chi connectivity index (χ3v) is 5.04. The van der Waals surface area contributed by atoms with Gasteiger partial charge >= 0.3 is 0 Å². The molecule has 6 heteroatoms. The van der Waals surface area contributed by atoms with Crippen molar-refractivity contribution in [2.45, 2.75) is 17.7 Å². The first-order chi connectivity index (χ1) is 8.14. The molecule has 1 atom stereocenters. The van der Waals surface area contributed by atoms with Gasteiger partial charge in [0.1, 0.15) is 0 Å². The lowest BCUT2D eigenvalue weighted by molar-refractivity contribution is 0.263. The summed E-state index contributed by atoms with van der Waals surface area (Å²) in [6.07, 6.45) is 5.22. The van der Waals surface area contributed by atoms with Crippen LogP contribution in [0.15, 0.2) is 23.4 Å². The summed E-state index contributed by atoms with van der Waals surface area (Å²) < 4.78 is 26.2. The summed E-state index contributed by atoms with van der Waals surface area (Å²) in [6.45, 7) is 2.13. The molecule has 1 aliphatic heterocycles. The zero-order chi connectivity index (χ0) is 12.3. The average molecular weight is 257 g/mol. The van der Waals surface area contributed by atoms with Gasteiger partial charge in [0, 0.05) is 25.5 Å². The van der Waals surface area contributed by atoms with E-state index >= 15 is 0 Å². The van der Waals surface area contributed by atoms with Crippen LogP contribution in [0.4, 0.5) is 0 Å². The lowest BCUT2D eigenvalue weighted by Gasteiger charge is -2.31. The maximum atomic E-state index is 12.3. The number of hydrogen-bond acceptors (Lipinski definition) is 3. The van der Waals surface area contributed by atoms with Gasteiger partial charge in [-0.3, -0.25) is 0 Å². The van der Waals surface area contributed by atoms with Crippen LogP contribution in [0.1, 0.15) is 12.8 Å². The van der Waals surface area contributed by atoms with Gasteiger partial charge in [-0.15, -0.1) is 0 Å². The van der Waals surface area contributed by atoms with Crippen LogP contribution < -0.4 is 5.32 Å². The fourth-order valence-electron chi connectivity index (χ4n) is 2.32. The molecule has 1 aromatic heterocycles. The van der Waals surface area contributed by atoms with Gasteiger partial charge in [0.2, 0.25) is 10.0 Å². The minimum atomic E-state index is -3.30. The molecule has 0 aromatic carbocycles. The zero-order valence-corrected chi connectivity index (χ0v) is 10.8. The van der Waals surface area contributed by atoms with Gasteiger partial charge < -0.3 is 10.3 Å². The SMILES string of the molecule is CNCC1CCCN(S(=O)(=O)c2cc[nH]c2)C1. The maximum absolute atomic E-state index is 12.3. The molecular weight excluding hydrogens is 238 g/mol. The Balaban J connectivity index is 2.12. The average Bonchev–Trinajstić information content (AvgIpc) is 2.84. The van der Waals surface area contributed by atoms with Gasteiger partial charge in [0.25, 0.3) is 0 Å². The van der Waals surface area contributed by atoms with E-state index in [1.54, 1.807) is 16.6 Å². The topological polar surface area (TPSA) is 65.2 Å². The van der Waals surface area contributed by atoms with Crippen molar-refractivity contribution in [2.75, 3.05) is 26.7 Å². The van der Waals surface area contributed by atoms with E-state index in [1.165, 1.54) is 6.20 Å². The van der Waals surface area contributed by atoms with E-state index in [2.05, 4.69) is 10.3 Å². The molecular formula is C11H19N3O2S. The van der Waals surface area contributed by atoms with E-state index in [-0.39, 0.29) is 0 Å². The molecule has 0 bridgehead atoms. The first-order valence-electron chi connectivity index (χ1n) is 5.92. The summed E-state index contributed by atoms with van der Waals surface area (Å²) in [5.41, 5.74) is 0. The minimum Gasteiger partial charge on any atom is -0.366 e. The monoisotopic (exact) mass is 257 g/mol. The van der Waals surface area contributed by atoms with Crippen LogP contribution >= 0.6 is 0 Å². The first kappa shape index (κ1) is 12.6.